The minimum atomic E-state index is -0.0525. The number of aliphatic hydroxyl groups is 1. The summed E-state index contributed by atoms with van der Waals surface area (Å²) >= 11 is 1.37. The number of rotatable bonds is 2. The van der Waals surface area contributed by atoms with Gasteiger partial charge in [-0.3, -0.25) is 4.79 Å². The molecule has 0 saturated carbocycles. The van der Waals surface area contributed by atoms with E-state index in [2.05, 4.69) is 6.58 Å². The van der Waals surface area contributed by atoms with Crippen molar-refractivity contribution in [3.63, 3.8) is 0 Å². The smallest absolute Gasteiger partial charge is 0.151 e. The van der Waals surface area contributed by atoms with Crippen molar-refractivity contribution < 1.29 is 9.90 Å². The number of carbonyl (C=O) groups excluding carboxylic acids is 1. The first kappa shape index (κ1) is 7.02. The van der Waals surface area contributed by atoms with Gasteiger partial charge in [0, 0.05) is 21.9 Å². The summed E-state index contributed by atoms with van der Waals surface area (Å²) in [5.41, 5.74) is 1.03. The molecule has 52 valence electrons. The number of aldehydes is 1. The minimum Gasteiger partial charge on any atom is -0.508 e. The Morgan fingerprint density at radius 3 is 2.80 bits per heavy atom. The van der Waals surface area contributed by atoms with Crippen molar-refractivity contribution in [2.45, 2.75) is 0 Å². The van der Waals surface area contributed by atoms with Gasteiger partial charge in [0.15, 0.2) is 6.29 Å². The summed E-state index contributed by atoms with van der Waals surface area (Å²) < 4.78 is 0. The molecule has 0 aromatic carbocycles. The molecule has 10 heavy (non-hydrogen) atoms. The number of carbonyl (C=O) groups is 1. The number of hydrogen-bond donors (Lipinski definition) is 1. The Hall–Kier alpha value is -1.09. The summed E-state index contributed by atoms with van der Waals surface area (Å²) in [6, 6.07) is 0. The van der Waals surface area contributed by atoms with Crippen molar-refractivity contribution in [3.05, 3.63) is 28.5 Å². The monoisotopic (exact) mass is 154 g/mol. The standard InChI is InChI=1S/C7H6O2S/c1-5(9)7-4-10-3-6(7)2-8/h2-4,9H,1H2. The second kappa shape index (κ2) is 2.66. The minimum absolute atomic E-state index is 0.0525. The average molecular weight is 154 g/mol. The molecule has 3 heteroatoms. The van der Waals surface area contributed by atoms with Crippen molar-refractivity contribution in [2.24, 2.45) is 0 Å². The molecule has 1 heterocycles. The van der Waals surface area contributed by atoms with E-state index >= 15 is 0 Å². The van der Waals surface area contributed by atoms with Crippen LogP contribution in [0.5, 0.6) is 0 Å². The van der Waals surface area contributed by atoms with Crippen molar-refractivity contribution in [2.75, 3.05) is 0 Å². The van der Waals surface area contributed by atoms with Crippen LogP contribution in [0.3, 0.4) is 0 Å². The molecule has 0 bridgehead atoms. The Morgan fingerprint density at radius 2 is 2.40 bits per heavy atom. The summed E-state index contributed by atoms with van der Waals surface area (Å²) in [6.45, 7) is 3.31. The highest BCUT2D eigenvalue weighted by Gasteiger charge is 2.03. The van der Waals surface area contributed by atoms with Crippen LogP contribution in [-0.4, -0.2) is 11.4 Å². The van der Waals surface area contributed by atoms with Gasteiger partial charge in [-0.2, -0.15) is 11.3 Å². The lowest BCUT2D eigenvalue weighted by molar-refractivity contribution is 0.112. The lowest BCUT2D eigenvalue weighted by Gasteiger charge is -1.91. The summed E-state index contributed by atoms with van der Waals surface area (Å²) in [4.78, 5) is 10.2. The fourth-order valence-corrected chi connectivity index (χ4v) is 1.44. The average Bonchev–Trinajstić information content (AvgIpc) is 2.33. The van der Waals surface area contributed by atoms with Gasteiger partial charge < -0.3 is 5.11 Å². The third-order valence-electron chi connectivity index (χ3n) is 1.13. The lowest BCUT2D eigenvalue weighted by Crippen LogP contribution is -1.82. The van der Waals surface area contributed by atoms with Gasteiger partial charge in [0.2, 0.25) is 0 Å². The van der Waals surface area contributed by atoms with E-state index in [0.717, 1.165) is 0 Å². The first-order chi connectivity index (χ1) is 4.75. The fourth-order valence-electron chi connectivity index (χ4n) is 0.633. The molecule has 0 aliphatic heterocycles. The first-order valence-corrected chi connectivity index (χ1v) is 3.59. The summed E-state index contributed by atoms with van der Waals surface area (Å²) in [7, 11) is 0. The van der Waals surface area contributed by atoms with Gasteiger partial charge in [-0.05, 0) is 0 Å². The topological polar surface area (TPSA) is 37.3 Å². The van der Waals surface area contributed by atoms with Crippen LogP contribution in [0.1, 0.15) is 15.9 Å². The highest BCUT2D eigenvalue weighted by atomic mass is 32.1. The second-order valence-electron chi connectivity index (χ2n) is 1.81. The van der Waals surface area contributed by atoms with E-state index in [1.807, 2.05) is 0 Å². The third kappa shape index (κ3) is 1.09. The normalized spacial score (nSPS) is 9.20. The van der Waals surface area contributed by atoms with E-state index < -0.39 is 0 Å². The zero-order valence-corrected chi connectivity index (χ0v) is 6.02. The van der Waals surface area contributed by atoms with Gasteiger partial charge in [-0.15, -0.1) is 0 Å². The van der Waals surface area contributed by atoms with Crippen molar-refractivity contribution >= 4 is 23.4 Å². The summed E-state index contributed by atoms with van der Waals surface area (Å²) in [5, 5.41) is 12.2. The molecular weight excluding hydrogens is 148 g/mol. The summed E-state index contributed by atoms with van der Waals surface area (Å²) in [5.74, 6) is -0.0525. The van der Waals surface area contributed by atoms with Crippen LogP contribution in [0.2, 0.25) is 0 Å². The maximum Gasteiger partial charge on any atom is 0.151 e. The Balaban J connectivity index is 3.13. The molecule has 0 amide bonds. The van der Waals surface area contributed by atoms with Gasteiger partial charge in [0.25, 0.3) is 0 Å². The Labute approximate surface area is 62.4 Å². The number of aliphatic hydroxyl groups excluding tert-OH is 1. The molecule has 0 saturated heterocycles. The molecule has 0 aliphatic carbocycles. The van der Waals surface area contributed by atoms with Crippen molar-refractivity contribution in [1.82, 2.24) is 0 Å². The van der Waals surface area contributed by atoms with E-state index in [1.54, 1.807) is 10.8 Å². The van der Waals surface area contributed by atoms with Crippen molar-refractivity contribution in [3.8, 4) is 0 Å². The molecular formula is C7H6O2S. The molecule has 0 spiro atoms. The zero-order valence-electron chi connectivity index (χ0n) is 5.20. The van der Waals surface area contributed by atoms with Crippen LogP contribution in [0.15, 0.2) is 17.3 Å². The molecule has 1 aromatic rings. The molecule has 0 fully saturated rings. The van der Waals surface area contributed by atoms with E-state index in [0.29, 0.717) is 17.4 Å². The van der Waals surface area contributed by atoms with E-state index in [4.69, 9.17) is 5.11 Å². The molecule has 2 nitrogen and oxygen atoms in total. The summed E-state index contributed by atoms with van der Waals surface area (Å²) in [6.07, 6.45) is 0.702. The first-order valence-electron chi connectivity index (χ1n) is 2.65. The van der Waals surface area contributed by atoms with Gasteiger partial charge in [0.1, 0.15) is 5.76 Å². The van der Waals surface area contributed by atoms with Gasteiger partial charge in [-0.1, -0.05) is 6.58 Å². The predicted molar refractivity (Wildman–Crippen MR) is 41.4 cm³/mol. The van der Waals surface area contributed by atoms with Crippen LogP contribution in [0.4, 0.5) is 0 Å². The third-order valence-corrected chi connectivity index (χ3v) is 1.89. The van der Waals surface area contributed by atoms with E-state index in [-0.39, 0.29) is 5.76 Å². The second-order valence-corrected chi connectivity index (χ2v) is 2.55. The zero-order chi connectivity index (χ0) is 7.56. The van der Waals surface area contributed by atoms with Gasteiger partial charge >= 0.3 is 0 Å². The molecule has 0 unspecified atom stereocenters. The highest BCUT2D eigenvalue weighted by Crippen LogP contribution is 2.18. The lowest BCUT2D eigenvalue weighted by atomic mass is 10.2. The maximum absolute atomic E-state index is 10.2. The van der Waals surface area contributed by atoms with Gasteiger partial charge in [-0.25, -0.2) is 0 Å². The van der Waals surface area contributed by atoms with Crippen molar-refractivity contribution in [1.29, 1.82) is 0 Å². The van der Waals surface area contributed by atoms with E-state index in [1.165, 1.54) is 11.3 Å². The van der Waals surface area contributed by atoms with Crippen LogP contribution in [0.25, 0.3) is 5.76 Å². The van der Waals surface area contributed by atoms with Crippen LogP contribution in [0, 0.1) is 0 Å². The van der Waals surface area contributed by atoms with Crippen LogP contribution >= 0.6 is 11.3 Å². The Kier molecular flexibility index (Phi) is 1.87. The quantitative estimate of drug-likeness (QED) is 0.523. The molecule has 1 rings (SSSR count). The van der Waals surface area contributed by atoms with Gasteiger partial charge in [0.05, 0.1) is 0 Å². The van der Waals surface area contributed by atoms with Crippen LogP contribution in [-0.2, 0) is 0 Å². The SMILES string of the molecule is C=C(O)c1cscc1C=O. The Bertz CT molecular complexity index is 262. The molecule has 1 N–H and O–H groups in total. The molecule has 0 atom stereocenters. The Morgan fingerprint density at radius 1 is 1.70 bits per heavy atom. The molecule has 1 aromatic heterocycles. The maximum atomic E-state index is 10.2. The van der Waals surface area contributed by atoms with E-state index in [9.17, 15) is 4.79 Å². The fraction of sp³-hybridized carbons (Fsp3) is 0. The largest absolute Gasteiger partial charge is 0.508 e. The number of thiophene rings is 1. The molecule has 0 aliphatic rings. The van der Waals surface area contributed by atoms with Crippen LogP contribution < -0.4 is 0 Å². The predicted octanol–water partition coefficient (Wildman–Crippen LogP) is 2.09. The number of hydrogen-bond acceptors (Lipinski definition) is 3. The molecule has 0 radical (unpaired) electrons. The highest BCUT2D eigenvalue weighted by molar-refractivity contribution is 7.08.